The molecule has 3 amide bonds. The number of thiophene rings is 1. The number of likely N-dealkylation sites (tertiary alicyclic amines) is 2. The van der Waals surface area contributed by atoms with Crippen LogP contribution in [0.2, 0.25) is 0 Å². The Labute approximate surface area is 193 Å². The molecular weight excluding hydrogens is 424 g/mol. The highest BCUT2D eigenvalue weighted by atomic mass is 32.1. The molecule has 7 heteroatoms. The van der Waals surface area contributed by atoms with Crippen molar-refractivity contribution in [3.8, 4) is 0 Å². The van der Waals surface area contributed by atoms with Crippen LogP contribution < -0.4 is 0 Å². The zero-order valence-electron chi connectivity index (χ0n) is 18.5. The molecule has 1 aromatic heterocycles. The molecule has 0 unspecified atom stereocenters. The van der Waals surface area contributed by atoms with E-state index in [1.165, 1.54) is 16.2 Å². The van der Waals surface area contributed by atoms with Crippen LogP contribution in [0.25, 0.3) is 0 Å². The largest absolute Gasteiger partial charge is 0.385 e. The summed E-state index contributed by atoms with van der Waals surface area (Å²) in [6.07, 6.45) is 3.84. The topological polar surface area (TPSA) is 66.9 Å². The van der Waals surface area contributed by atoms with Crippen LogP contribution in [-0.4, -0.2) is 53.8 Å². The van der Waals surface area contributed by atoms with Crippen LogP contribution in [0.4, 0.5) is 0 Å². The van der Waals surface area contributed by atoms with Crippen LogP contribution in [-0.2, 0) is 31.1 Å². The van der Waals surface area contributed by atoms with E-state index < -0.39 is 5.41 Å². The molecule has 0 aliphatic carbocycles. The van der Waals surface area contributed by atoms with Crippen LogP contribution in [0, 0.1) is 0 Å². The van der Waals surface area contributed by atoms with Crippen molar-refractivity contribution in [2.75, 3.05) is 20.3 Å². The fourth-order valence-corrected chi connectivity index (χ4v) is 5.68. The van der Waals surface area contributed by atoms with Crippen molar-refractivity contribution in [2.45, 2.75) is 56.5 Å². The number of piperidine rings is 1. The Morgan fingerprint density at radius 1 is 1.16 bits per heavy atom. The molecule has 2 aliphatic heterocycles. The summed E-state index contributed by atoms with van der Waals surface area (Å²) in [5.41, 5.74) is -0.401. The maximum atomic E-state index is 13.8. The summed E-state index contributed by atoms with van der Waals surface area (Å²) in [5.74, 6) is -0.524. The molecule has 0 spiro atoms. The SMILES string of the molecule is COCC[C@@H]1CCCCN1C(=O)C[C@]1(c2ccccc2)CC(=O)N(Cc2cccs2)C1=O. The zero-order valence-corrected chi connectivity index (χ0v) is 19.3. The third kappa shape index (κ3) is 4.50. The van der Waals surface area contributed by atoms with Gasteiger partial charge in [-0.15, -0.1) is 11.3 Å². The highest BCUT2D eigenvalue weighted by Gasteiger charge is 2.54. The minimum Gasteiger partial charge on any atom is -0.385 e. The Balaban J connectivity index is 1.62. The van der Waals surface area contributed by atoms with Gasteiger partial charge in [0.2, 0.25) is 17.7 Å². The minimum absolute atomic E-state index is 0.0199. The summed E-state index contributed by atoms with van der Waals surface area (Å²) in [7, 11) is 1.67. The molecule has 0 N–H and O–H groups in total. The lowest BCUT2D eigenvalue weighted by Gasteiger charge is -2.38. The standard InChI is InChI=1S/C25H30N2O4S/c1-31-14-12-20-10-5-6-13-26(20)22(28)16-25(19-8-3-2-4-9-19)17-23(29)27(24(25)30)18-21-11-7-15-32-21/h2-4,7-9,11,15,20H,5-6,10,12-14,16-18H2,1H3/t20-,25+/m0/s1. The zero-order chi connectivity index (χ0) is 22.6. The molecule has 2 aromatic rings. The molecule has 0 saturated carbocycles. The fraction of sp³-hybridized carbons (Fsp3) is 0.480. The Hall–Kier alpha value is -2.51. The number of carbonyl (C=O) groups is 3. The Morgan fingerprint density at radius 3 is 2.69 bits per heavy atom. The average Bonchev–Trinajstić information content (AvgIpc) is 3.41. The first kappa shape index (κ1) is 22.7. The van der Waals surface area contributed by atoms with Crippen LogP contribution >= 0.6 is 11.3 Å². The van der Waals surface area contributed by atoms with E-state index in [1.807, 2.05) is 52.7 Å². The number of amides is 3. The third-order valence-corrected chi connectivity index (χ3v) is 7.55. The second kappa shape index (κ2) is 9.96. The van der Waals surface area contributed by atoms with Crippen LogP contribution in [0.5, 0.6) is 0 Å². The molecule has 2 fully saturated rings. The monoisotopic (exact) mass is 454 g/mol. The van der Waals surface area contributed by atoms with Gasteiger partial charge in [0.15, 0.2) is 0 Å². The van der Waals surface area contributed by atoms with E-state index in [4.69, 9.17) is 4.74 Å². The number of hydrogen-bond donors (Lipinski definition) is 0. The van der Waals surface area contributed by atoms with Gasteiger partial charge in [-0.3, -0.25) is 19.3 Å². The molecule has 4 rings (SSSR count). The lowest BCUT2D eigenvalue weighted by Crippen LogP contribution is -2.48. The van der Waals surface area contributed by atoms with E-state index in [0.29, 0.717) is 13.2 Å². The smallest absolute Gasteiger partial charge is 0.241 e. The van der Waals surface area contributed by atoms with E-state index in [0.717, 1.165) is 36.1 Å². The molecule has 32 heavy (non-hydrogen) atoms. The summed E-state index contributed by atoms with van der Waals surface area (Å²) in [6, 6.07) is 13.3. The van der Waals surface area contributed by atoms with Crippen molar-refractivity contribution < 1.29 is 19.1 Å². The fourth-order valence-electron chi connectivity index (χ4n) is 4.98. The number of imide groups is 1. The van der Waals surface area contributed by atoms with E-state index in [1.54, 1.807) is 7.11 Å². The lowest BCUT2D eigenvalue weighted by atomic mass is 9.75. The third-order valence-electron chi connectivity index (χ3n) is 6.68. The van der Waals surface area contributed by atoms with Crippen molar-refractivity contribution in [3.63, 3.8) is 0 Å². The van der Waals surface area contributed by atoms with Gasteiger partial charge in [-0.1, -0.05) is 36.4 Å². The first-order chi connectivity index (χ1) is 15.5. The van der Waals surface area contributed by atoms with Crippen LogP contribution in [0.15, 0.2) is 47.8 Å². The molecule has 2 atom stereocenters. The first-order valence-corrected chi connectivity index (χ1v) is 12.1. The van der Waals surface area contributed by atoms with Gasteiger partial charge in [-0.2, -0.15) is 0 Å². The van der Waals surface area contributed by atoms with Crippen molar-refractivity contribution in [3.05, 3.63) is 58.3 Å². The number of benzene rings is 1. The van der Waals surface area contributed by atoms with Gasteiger partial charge in [0.25, 0.3) is 0 Å². The van der Waals surface area contributed by atoms with Gasteiger partial charge in [0.05, 0.1) is 12.0 Å². The number of rotatable bonds is 8. The summed E-state index contributed by atoms with van der Waals surface area (Å²) in [5, 5.41) is 1.94. The maximum absolute atomic E-state index is 13.8. The van der Waals surface area contributed by atoms with E-state index in [2.05, 4.69) is 0 Å². The highest BCUT2D eigenvalue weighted by molar-refractivity contribution is 7.09. The first-order valence-electron chi connectivity index (χ1n) is 11.3. The van der Waals surface area contributed by atoms with Crippen LogP contribution in [0.3, 0.4) is 0 Å². The minimum atomic E-state index is -1.14. The van der Waals surface area contributed by atoms with Gasteiger partial charge >= 0.3 is 0 Å². The van der Waals surface area contributed by atoms with Gasteiger partial charge in [0.1, 0.15) is 0 Å². The number of ether oxygens (including phenoxy) is 1. The summed E-state index contributed by atoms with van der Waals surface area (Å²) in [4.78, 5) is 44.6. The van der Waals surface area contributed by atoms with E-state index >= 15 is 0 Å². The average molecular weight is 455 g/mol. The van der Waals surface area contributed by atoms with Gasteiger partial charge < -0.3 is 9.64 Å². The molecule has 1 aromatic carbocycles. The summed E-state index contributed by atoms with van der Waals surface area (Å²) >= 11 is 1.52. The Kier molecular flexibility index (Phi) is 7.06. The van der Waals surface area contributed by atoms with Crippen molar-refractivity contribution in [1.82, 2.24) is 9.80 Å². The van der Waals surface area contributed by atoms with E-state index in [-0.39, 0.29) is 43.1 Å². The Bertz CT molecular complexity index is 946. The van der Waals surface area contributed by atoms with Gasteiger partial charge in [0, 0.05) is 44.0 Å². The lowest BCUT2D eigenvalue weighted by molar-refractivity contribution is -0.144. The number of hydrogen-bond acceptors (Lipinski definition) is 5. The van der Waals surface area contributed by atoms with E-state index in [9.17, 15) is 14.4 Å². The predicted molar refractivity (Wildman–Crippen MR) is 123 cm³/mol. The number of nitrogens with zero attached hydrogens (tertiary/aromatic N) is 2. The normalized spacial score (nSPS) is 23.7. The van der Waals surface area contributed by atoms with Crippen molar-refractivity contribution >= 4 is 29.1 Å². The highest BCUT2D eigenvalue weighted by Crippen LogP contribution is 2.41. The molecule has 2 aliphatic rings. The second-order valence-corrected chi connectivity index (χ2v) is 9.72. The molecule has 3 heterocycles. The number of carbonyl (C=O) groups excluding carboxylic acids is 3. The Morgan fingerprint density at radius 2 is 1.97 bits per heavy atom. The maximum Gasteiger partial charge on any atom is 0.241 e. The second-order valence-electron chi connectivity index (χ2n) is 8.68. The quantitative estimate of drug-likeness (QED) is 0.570. The molecule has 6 nitrogen and oxygen atoms in total. The van der Waals surface area contributed by atoms with Crippen molar-refractivity contribution in [1.29, 1.82) is 0 Å². The van der Waals surface area contributed by atoms with Crippen molar-refractivity contribution in [2.24, 2.45) is 0 Å². The molecule has 170 valence electrons. The summed E-state index contributed by atoms with van der Waals surface area (Å²) in [6.45, 7) is 1.56. The molecule has 0 radical (unpaired) electrons. The summed E-state index contributed by atoms with van der Waals surface area (Å²) < 4.78 is 5.25. The van der Waals surface area contributed by atoms with Gasteiger partial charge in [-0.05, 0) is 42.7 Å². The molecule has 2 saturated heterocycles. The predicted octanol–water partition coefficient (Wildman–Crippen LogP) is 3.75. The molecular formula is C25H30N2O4S. The van der Waals surface area contributed by atoms with Crippen LogP contribution in [0.1, 0.15) is 49.0 Å². The number of methoxy groups -OCH3 is 1. The van der Waals surface area contributed by atoms with Gasteiger partial charge in [-0.25, -0.2) is 0 Å². The molecule has 0 bridgehead atoms.